The Morgan fingerprint density at radius 3 is 3.00 bits per heavy atom. The van der Waals surface area contributed by atoms with Gasteiger partial charge in [0.25, 0.3) is 0 Å². The van der Waals surface area contributed by atoms with Crippen molar-refractivity contribution < 1.29 is 5.11 Å². The summed E-state index contributed by atoms with van der Waals surface area (Å²) in [6.45, 7) is 2.18. The number of aliphatic hydroxyl groups is 1. The standard InChI is InChI=1S/C10H17N3O/c1-3-8-4-5-10(14,6-8)9-7-11-12-13(9)2/h7-8,14H,3-6H2,1-2H3. The molecule has 2 rings (SSSR count). The van der Waals surface area contributed by atoms with Gasteiger partial charge in [-0.15, -0.1) is 5.10 Å². The Balaban J connectivity index is 2.22. The van der Waals surface area contributed by atoms with Crippen molar-refractivity contribution >= 4 is 0 Å². The molecular weight excluding hydrogens is 178 g/mol. The van der Waals surface area contributed by atoms with Gasteiger partial charge in [-0.1, -0.05) is 18.6 Å². The number of rotatable bonds is 2. The quantitative estimate of drug-likeness (QED) is 0.771. The SMILES string of the molecule is CCC1CCC(O)(c2cnnn2C)C1. The summed E-state index contributed by atoms with van der Waals surface area (Å²) >= 11 is 0. The van der Waals surface area contributed by atoms with Crippen molar-refractivity contribution in [2.45, 2.75) is 38.2 Å². The van der Waals surface area contributed by atoms with Gasteiger partial charge in [0.05, 0.1) is 11.9 Å². The van der Waals surface area contributed by atoms with Crippen LogP contribution in [0.3, 0.4) is 0 Å². The lowest BCUT2D eigenvalue weighted by Crippen LogP contribution is -2.25. The summed E-state index contributed by atoms with van der Waals surface area (Å²) in [6, 6.07) is 0. The third-order valence-corrected chi connectivity index (χ3v) is 3.36. The fraction of sp³-hybridized carbons (Fsp3) is 0.800. The molecule has 1 fully saturated rings. The Kier molecular flexibility index (Phi) is 2.31. The highest BCUT2D eigenvalue weighted by molar-refractivity contribution is 5.10. The molecule has 0 aromatic carbocycles. The van der Waals surface area contributed by atoms with Crippen molar-refractivity contribution in [1.82, 2.24) is 15.0 Å². The predicted molar refractivity (Wildman–Crippen MR) is 52.5 cm³/mol. The first-order valence-corrected chi connectivity index (χ1v) is 5.23. The Labute approximate surface area is 83.9 Å². The Bertz CT molecular complexity index is 323. The highest BCUT2D eigenvalue weighted by Crippen LogP contribution is 2.42. The first-order chi connectivity index (χ1) is 6.65. The van der Waals surface area contributed by atoms with Crippen LogP contribution >= 0.6 is 0 Å². The minimum absolute atomic E-state index is 0.648. The molecule has 4 heteroatoms. The number of nitrogens with zero attached hydrogens (tertiary/aromatic N) is 3. The van der Waals surface area contributed by atoms with E-state index in [-0.39, 0.29) is 0 Å². The molecule has 0 bridgehead atoms. The normalized spacial score (nSPS) is 32.4. The molecule has 14 heavy (non-hydrogen) atoms. The zero-order valence-electron chi connectivity index (χ0n) is 8.77. The van der Waals surface area contributed by atoms with E-state index in [4.69, 9.17) is 0 Å². The molecule has 78 valence electrons. The number of hydrogen-bond acceptors (Lipinski definition) is 3. The van der Waals surface area contributed by atoms with E-state index in [1.54, 1.807) is 10.9 Å². The maximum Gasteiger partial charge on any atom is 0.108 e. The molecular formula is C10H17N3O. The third-order valence-electron chi connectivity index (χ3n) is 3.36. The van der Waals surface area contributed by atoms with Crippen molar-refractivity contribution in [2.75, 3.05) is 0 Å². The van der Waals surface area contributed by atoms with Gasteiger partial charge in [0.15, 0.2) is 0 Å². The maximum atomic E-state index is 10.4. The molecule has 0 saturated heterocycles. The van der Waals surface area contributed by atoms with Crippen molar-refractivity contribution in [3.05, 3.63) is 11.9 Å². The third kappa shape index (κ3) is 1.43. The molecule has 0 aliphatic heterocycles. The number of hydrogen-bond donors (Lipinski definition) is 1. The van der Waals surface area contributed by atoms with Gasteiger partial charge in [-0.05, 0) is 25.2 Å². The molecule has 1 aromatic heterocycles. The van der Waals surface area contributed by atoms with Crippen molar-refractivity contribution in [3.8, 4) is 0 Å². The van der Waals surface area contributed by atoms with Crippen LogP contribution in [0.15, 0.2) is 6.20 Å². The van der Waals surface area contributed by atoms with Crippen LogP contribution in [0.5, 0.6) is 0 Å². The van der Waals surface area contributed by atoms with Crippen LogP contribution in [0.2, 0.25) is 0 Å². The van der Waals surface area contributed by atoms with Crippen LogP contribution in [0.4, 0.5) is 0 Å². The van der Waals surface area contributed by atoms with Crippen LogP contribution in [-0.4, -0.2) is 20.1 Å². The second-order valence-electron chi connectivity index (χ2n) is 4.29. The molecule has 0 amide bonds. The summed E-state index contributed by atoms with van der Waals surface area (Å²) in [7, 11) is 1.83. The van der Waals surface area contributed by atoms with E-state index in [1.165, 1.54) is 0 Å². The van der Waals surface area contributed by atoms with Crippen LogP contribution in [-0.2, 0) is 12.6 Å². The van der Waals surface area contributed by atoms with Crippen molar-refractivity contribution in [3.63, 3.8) is 0 Å². The molecule has 1 aliphatic carbocycles. The molecule has 0 spiro atoms. The van der Waals surface area contributed by atoms with Gasteiger partial charge in [0, 0.05) is 7.05 Å². The molecule has 2 atom stereocenters. The summed E-state index contributed by atoms with van der Waals surface area (Å²) in [5.74, 6) is 0.648. The summed E-state index contributed by atoms with van der Waals surface area (Å²) in [5, 5.41) is 18.1. The highest BCUT2D eigenvalue weighted by atomic mass is 16.3. The van der Waals surface area contributed by atoms with Crippen molar-refractivity contribution in [2.24, 2.45) is 13.0 Å². The van der Waals surface area contributed by atoms with Gasteiger partial charge in [0.1, 0.15) is 5.60 Å². The summed E-state index contributed by atoms with van der Waals surface area (Å²) in [4.78, 5) is 0. The topological polar surface area (TPSA) is 50.9 Å². The highest BCUT2D eigenvalue weighted by Gasteiger charge is 2.40. The van der Waals surface area contributed by atoms with Gasteiger partial charge in [-0.25, -0.2) is 4.68 Å². The molecule has 2 unspecified atom stereocenters. The second kappa shape index (κ2) is 3.35. The molecule has 1 heterocycles. The summed E-state index contributed by atoms with van der Waals surface area (Å²) in [6.07, 6.45) is 5.63. The van der Waals surface area contributed by atoms with E-state index >= 15 is 0 Å². The first kappa shape index (κ1) is 9.65. The Morgan fingerprint density at radius 2 is 2.50 bits per heavy atom. The summed E-state index contributed by atoms with van der Waals surface area (Å²) < 4.78 is 1.68. The fourth-order valence-electron chi connectivity index (χ4n) is 2.42. The van der Waals surface area contributed by atoms with E-state index in [9.17, 15) is 5.11 Å². The largest absolute Gasteiger partial charge is 0.383 e. The monoisotopic (exact) mass is 195 g/mol. The van der Waals surface area contributed by atoms with E-state index in [0.29, 0.717) is 5.92 Å². The second-order valence-corrected chi connectivity index (χ2v) is 4.29. The van der Waals surface area contributed by atoms with Gasteiger partial charge in [-0.2, -0.15) is 0 Å². The number of aryl methyl sites for hydroxylation is 1. The average molecular weight is 195 g/mol. The van der Waals surface area contributed by atoms with Crippen molar-refractivity contribution in [1.29, 1.82) is 0 Å². The summed E-state index contributed by atoms with van der Waals surface area (Å²) in [5.41, 5.74) is 0.173. The van der Waals surface area contributed by atoms with Crippen LogP contribution in [0.1, 0.15) is 38.3 Å². The lowest BCUT2D eigenvalue weighted by Gasteiger charge is -2.22. The Morgan fingerprint density at radius 1 is 1.71 bits per heavy atom. The number of aromatic nitrogens is 3. The molecule has 1 saturated carbocycles. The molecule has 1 aliphatic rings. The van der Waals surface area contributed by atoms with Gasteiger partial charge in [-0.3, -0.25) is 0 Å². The smallest absolute Gasteiger partial charge is 0.108 e. The van der Waals surface area contributed by atoms with Crippen LogP contribution in [0, 0.1) is 5.92 Å². The van der Waals surface area contributed by atoms with E-state index in [1.807, 2.05) is 7.05 Å². The van der Waals surface area contributed by atoms with Crippen LogP contribution < -0.4 is 0 Å². The molecule has 1 N–H and O–H groups in total. The van der Waals surface area contributed by atoms with Gasteiger partial charge in [0.2, 0.25) is 0 Å². The van der Waals surface area contributed by atoms with Gasteiger partial charge >= 0.3 is 0 Å². The molecule has 1 aromatic rings. The van der Waals surface area contributed by atoms with Gasteiger partial charge < -0.3 is 5.11 Å². The zero-order chi connectivity index (χ0) is 10.2. The maximum absolute atomic E-state index is 10.4. The van der Waals surface area contributed by atoms with E-state index in [0.717, 1.165) is 31.4 Å². The predicted octanol–water partition coefficient (Wildman–Crippen LogP) is 1.21. The first-order valence-electron chi connectivity index (χ1n) is 5.23. The Hall–Kier alpha value is -0.900. The lowest BCUT2D eigenvalue weighted by molar-refractivity contribution is 0.0315. The molecule has 4 nitrogen and oxygen atoms in total. The van der Waals surface area contributed by atoms with E-state index in [2.05, 4.69) is 17.2 Å². The average Bonchev–Trinajstić information content (AvgIpc) is 2.73. The van der Waals surface area contributed by atoms with E-state index < -0.39 is 5.60 Å². The minimum Gasteiger partial charge on any atom is -0.383 e. The zero-order valence-corrected chi connectivity index (χ0v) is 8.77. The van der Waals surface area contributed by atoms with Crippen LogP contribution in [0.25, 0.3) is 0 Å². The molecule has 0 radical (unpaired) electrons. The fourth-order valence-corrected chi connectivity index (χ4v) is 2.42. The minimum atomic E-state index is -0.682. The lowest BCUT2D eigenvalue weighted by atomic mass is 9.96.